The fourth-order valence-corrected chi connectivity index (χ4v) is 5.05. The molecule has 0 heterocycles. The average Bonchev–Trinajstić information content (AvgIpc) is 2.67. The molecule has 0 aromatic heterocycles. The van der Waals surface area contributed by atoms with Gasteiger partial charge in [-0.25, -0.2) is 0 Å². The van der Waals surface area contributed by atoms with Crippen LogP contribution in [0.15, 0.2) is 0 Å². The molecule has 0 bridgehead atoms. The monoisotopic (exact) mass is 236 g/mol. The summed E-state index contributed by atoms with van der Waals surface area (Å²) >= 11 is 0. The molecule has 7 unspecified atom stereocenters. The standard InChI is InChI=1S/C17H32/c1-6-14-10-15(8-11(14)3)13(5)17-9-12(4)16(17)7-2/h11-17H,6-10H2,1-5H3. The highest BCUT2D eigenvalue weighted by Gasteiger charge is 2.44. The molecule has 0 saturated heterocycles. The molecule has 0 radical (unpaired) electrons. The van der Waals surface area contributed by atoms with Crippen molar-refractivity contribution in [3.8, 4) is 0 Å². The third-order valence-corrected chi connectivity index (χ3v) is 6.42. The van der Waals surface area contributed by atoms with Crippen molar-refractivity contribution in [1.82, 2.24) is 0 Å². The fourth-order valence-electron chi connectivity index (χ4n) is 5.05. The molecule has 0 N–H and O–H groups in total. The first-order chi connectivity index (χ1) is 8.08. The van der Waals surface area contributed by atoms with Crippen molar-refractivity contribution in [2.75, 3.05) is 0 Å². The van der Waals surface area contributed by atoms with Crippen LogP contribution in [0.25, 0.3) is 0 Å². The summed E-state index contributed by atoms with van der Waals surface area (Å²) in [5.41, 5.74) is 0. The smallest absolute Gasteiger partial charge is 0.0352 e. The lowest BCUT2D eigenvalue weighted by Crippen LogP contribution is -2.40. The maximum atomic E-state index is 2.56. The Morgan fingerprint density at radius 1 is 0.941 bits per heavy atom. The number of rotatable bonds is 4. The van der Waals surface area contributed by atoms with Crippen molar-refractivity contribution in [3.63, 3.8) is 0 Å². The van der Waals surface area contributed by atoms with Gasteiger partial charge >= 0.3 is 0 Å². The lowest BCUT2D eigenvalue weighted by Gasteiger charge is -2.48. The average molecular weight is 236 g/mol. The zero-order valence-corrected chi connectivity index (χ0v) is 12.6. The zero-order valence-electron chi connectivity index (χ0n) is 12.6. The number of hydrogen-bond donors (Lipinski definition) is 0. The van der Waals surface area contributed by atoms with Gasteiger partial charge in [0, 0.05) is 0 Å². The van der Waals surface area contributed by atoms with Gasteiger partial charge in [-0.2, -0.15) is 0 Å². The molecular weight excluding hydrogens is 204 g/mol. The second-order valence-electron chi connectivity index (χ2n) is 7.19. The van der Waals surface area contributed by atoms with Crippen molar-refractivity contribution in [3.05, 3.63) is 0 Å². The fraction of sp³-hybridized carbons (Fsp3) is 1.00. The van der Waals surface area contributed by atoms with E-state index in [2.05, 4.69) is 34.6 Å². The van der Waals surface area contributed by atoms with Crippen molar-refractivity contribution in [2.24, 2.45) is 41.4 Å². The predicted molar refractivity (Wildman–Crippen MR) is 75.9 cm³/mol. The van der Waals surface area contributed by atoms with E-state index in [0.717, 1.165) is 41.4 Å². The molecule has 0 amide bonds. The van der Waals surface area contributed by atoms with Crippen LogP contribution in [0.4, 0.5) is 0 Å². The van der Waals surface area contributed by atoms with Crippen LogP contribution in [0.1, 0.15) is 66.7 Å². The Morgan fingerprint density at radius 2 is 1.65 bits per heavy atom. The summed E-state index contributed by atoms with van der Waals surface area (Å²) in [6.07, 6.45) is 7.38. The first-order valence-corrected chi connectivity index (χ1v) is 8.08. The number of hydrogen-bond acceptors (Lipinski definition) is 0. The van der Waals surface area contributed by atoms with Crippen LogP contribution in [0.5, 0.6) is 0 Å². The molecule has 17 heavy (non-hydrogen) atoms. The van der Waals surface area contributed by atoms with E-state index >= 15 is 0 Å². The topological polar surface area (TPSA) is 0 Å². The van der Waals surface area contributed by atoms with Crippen LogP contribution < -0.4 is 0 Å². The Hall–Kier alpha value is 0. The molecule has 7 atom stereocenters. The maximum Gasteiger partial charge on any atom is -0.0352 e. The third-order valence-electron chi connectivity index (χ3n) is 6.42. The molecule has 2 fully saturated rings. The van der Waals surface area contributed by atoms with E-state index in [4.69, 9.17) is 0 Å². The van der Waals surface area contributed by atoms with Crippen molar-refractivity contribution >= 4 is 0 Å². The second-order valence-corrected chi connectivity index (χ2v) is 7.19. The van der Waals surface area contributed by atoms with Crippen molar-refractivity contribution in [1.29, 1.82) is 0 Å². The molecular formula is C17H32. The lowest BCUT2D eigenvalue weighted by atomic mass is 9.57. The highest BCUT2D eigenvalue weighted by Crippen LogP contribution is 2.52. The molecule has 0 aromatic rings. The summed E-state index contributed by atoms with van der Waals surface area (Å²) in [4.78, 5) is 0. The van der Waals surface area contributed by atoms with Gasteiger partial charge in [0.1, 0.15) is 0 Å². The van der Waals surface area contributed by atoms with Crippen LogP contribution in [-0.2, 0) is 0 Å². The van der Waals surface area contributed by atoms with Crippen LogP contribution >= 0.6 is 0 Å². The van der Waals surface area contributed by atoms with E-state index in [-0.39, 0.29) is 0 Å². The van der Waals surface area contributed by atoms with E-state index in [0.29, 0.717) is 0 Å². The van der Waals surface area contributed by atoms with Gasteiger partial charge in [0.15, 0.2) is 0 Å². The van der Waals surface area contributed by atoms with Gasteiger partial charge in [-0.3, -0.25) is 0 Å². The normalized spacial score (nSPS) is 47.8. The van der Waals surface area contributed by atoms with Crippen LogP contribution in [0, 0.1) is 41.4 Å². The highest BCUT2D eigenvalue weighted by molar-refractivity contribution is 4.93. The third kappa shape index (κ3) is 2.42. The van der Waals surface area contributed by atoms with Crippen molar-refractivity contribution < 1.29 is 0 Å². The molecule has 0 nitrogen and oxygen atoms in total. The van der Waals surface area contributed by atoms with Crippen molar-refractivity contribution in [2.45, 2.75) is 66.7 Å². The van der Waals surface area contributed by atoms with E-state index in [1.165, 1.54) is 32.1 Å². The van der Waals surface area contributed by atoms with Gasteiger partial charge in [0.05, 0.1) is 0 Å². The SMILES string of the molecule is CCC1CC(C(C)C2CC(C)C2CC)CC1C. The minimum absolute atomic E-state index is 0.991. The molecule has 2 rings (SSSR count). The van der Waals surface area contributed by atoms with E-state index in [1.807, 2.05) is 0 Å². The summed E-state index contributed by atoms with van der Waals surface area (Å²) in [7, 11) is 0. The largest absolute Gasteiger partial charge is 0.0651 e. The molecule has 0 aliphatic heterocycles. The first-order valence-electron chi connectivity index (χ1n) is 8.08. The minimum Gasteiger partial charge on any atom is -0.0651 e. The van der Waals surface area contributed by atoms with Gasteiger partial charge in [-0.1, -0.05) is 47.5 Å². The maximum absolute atomic E-state index is 2.56. The Labute approximate surface area is 109 Å². The Balaban J connectivity index is 1.91. The lowest BCUT2D eigenvalue weighted by molar-refractivity contribution is 0.0141. The Kier molecular flexibility index (Phi) is 4.21. The zero-order chi connectivity index (χ0) is 12.6. The van der Waals surface area contributed by atoms with Gasteiger partial charge < -0.3 is 0 Å². The van der Waals surface area contributed by atoms with Gasteiger partial charge in [-0.05, 0) is 60.7 Å². The minimum atomic E-state index is 0.991. The molecule has 2 aliphatic rings. The van der Waals surface area contributed by atoms with E-state index in [1.54, 1.807) is 0 Å². The van der Waals surface area contributed by atoms with E-state index in [9.17, 15) is 0 Å². The quantitative estimate of drug-likeness (QED) is 0.615. The summed E-state index contributed by atoms with van der Waals surface area (Å²) in [5.74, 6) is 7.17. The molecule has 2 aliphatic carbocycles. The van der Waals surface area contributed by atoms with Crippen LogP contribution in [-0.4, -0.2) is 0 Å². The van der Waals surface area contributed by atoms with Crippen LogP contribution in [0.2, 0.25) is 0 Å². The van der Waals surface area contributed by atoms with Gasteiger partial charge in [0.25, 0.3) is 0 Å². The molecule has 0 aromatic carbocycles. The first kappa shape index (κ1) is 13.4. The van der Waals surface area contributed by atoms with Gasteiger partial charge in [0.2, 0.25) is 0 Å². The summed E-state index contributed by atoms with van der Waals surface area (Å²) in [6, 6.07) is 0. The van der Waals surface area contributed by atoms with Crippen LogP contribution in [0.3, 0.4) is 0 Å². The highest BCUT2D eigenvalue weighted by atomic mass is 14.5. The predicted octanol–water partition coefficient (Wildman–Crippen LogP) is 5.38. The Morgan fingerprint density at radius 3 is 2.12 bits per heavy atom. The summed E-state index contributed by atoms with van der Waals surface area (Å²) < 4.78 is 0. The molecule has 0 heteroatoms. The second kappa shape index (κ2) is 5.33. The summed E-state index contributed by atoms with van der Waals surface area (Å²) in [5, 5.41) is 0. The van der Waals surface area contributed by atoms with E-state index < -0.39 is 0 Å². The molecule has 100 valence electrons. The van der Waals surface area contributed by atoms with Gasteiger partial charge in [-0.15, -0.1) is 0 Å². The Bertz CT molecular complexity index is 244. The molecule has 2 saturated carbocycles. The summed E-state index contributed by atoms with van der Waals surface area (Å²) in [6.45, 7) is 12.3. The molecule has 0 spiro atoms.